The Balaban J connectivity index is 1.65. The van der Waals surface area contributed by atoms with E-state index in [9.17, 15) is 22.8 Å². The molecule has 9 nitrogen and oxygen atoms in total. The zero-order valence-electron chi connectivity index (χ0n) is 22.2. The number of ether oxygens (including phenoxy) is 2. The van der Waals surface area contributed by atoms with Crippen molar-refractivity contribution >= 4 is 29.0 Å². The minimum atomic E-state index is -2.89. The number of nitrogens with zero attached hydrogens (tertiary/aromatic N) is 3. The fourth-order valence-corrected chi connectivity index (χ4v) is 5.19. The Labute approximate surface area is 234 Å². The van der Waals surface area contributed by atoms with Gasteiger partial charge in [0.1, 0.15) is 16.6 Å². The van der Waals surface area contributed by atoms with E-state index in [0.717, 1.165) is 25.0 Å². The Kier molecular flexibility index (Phi) is 9.52. The first-order chi connectivity index (χ1) is 19.1. The second-order valence-electron chi connectivity index (χ2n) is 9.58. The van der Waals surface area contributed by atoms with E-state index in [0.29, 0.717) is 31.0 Å². The largest absolute Gasteiger partial charge is 0.461 e. The molecule has 40 heavy (non-hydrogen) atoms. The van der Waals surface area contributed by atoms with Crippen LogP contribution in [-0.4, -0.2) is 47.8 Å². The molecule has 1 saturated heterocycles. The van der Waals surface area contributed by atoms with Crippen LogP contribution in [0.15, 0.2) is 40.5 Å². The molecule has 2 unspecified atom stereocenters. The highest BCUT2D eigenvalue weighted by molar-refractivity contribution is 6.42. The summed E-state index contributed by atoms with van der Waals surface area (Å²) in [5.74, 6) is -1.62. The number of aromatic nitrogens is 2. The maximum Gasteiger partial charge on any atom is 0.356 e. The number of anilines is 1. The Hall–Kier alpha value is -3.38. The minimum absolute atomic E-state index is 0.00258. The van der Waals surface area contributed by atoms with Crippen LogP contribution in [0, 0.1) is 11.2 Å². The van der Waals surface area contributed by atoms with Gasteiger partial charge in [0.15, 0.2) is 6.23 Å². The molecule has 2 aliphatic heterocycles. The average molecular weight is 582 g/mol. The lowest BCUT2D eigenvalue weighted by Gasteiger charge is -2.34. The van der Waals surface area contributed by atoms with E-state index in [1.54, 1.807) is 18.7 Å². The smallest absolute Gasteiger partial charge is 0.356 e. The van der Waals surface area contributed by atoms with Crippen LogP contribution in [0.1, 0.15) is 69.4 Å². The Morgan fingerprint density at radius 1 is 1.32 bits per heavy atom. The van der Waals surface area contributed by atoms with E-state index >= 15 is 0 Å². The standard InChI is InChI=1S/C27H31ClF3N5O4/c1-3-39-27(38)24(32)19-14-35(21-13-33-36(26(37)23(21)28)22-6-4-5-11-40-22)10-9-20(19)34-15(2)17-8-7-16(29)12-18(17)25(30)31/h7-8,12-13,15,22,25,32,34H,3-6,9-11,14H2,1-2H3. The summed E-state index contributed by atoms with van der Waals surface area (Å²) in [6.07, 6.45) is 0.789. The summed E-state index contributed by atoms with van der Waals surface area (Å²) in [5.41, 5.74) is -0.117. The molecule has 0 aliphatic carbocycles. The van der Waals surface area contributed by atoms with Gasteiger partial charge in [0.2, 0.25) is 0 Å². The molecule has 0 spiro atoms. The van der Waals surface area contributed by atoms with Crippen LogP contribution in [-0.2, 0) is 14.3 Å². The number of hydrogen-bond acceptors (Lipinski definition) is 8. The summed E-state index contributed by atoms with van der Waals surface area (Å²) in [4.78, 5) is 27.3. The van der Waals surface area contributed by atoms with Crippen LogP contribution in [0.25, 0.3) is 0 Å². The molecule has 1 fully saturated rings. The normalized spacial score (nSPS) is 18.6. The molecule has 2 aromatic rings. The molecule has 1 aromatic carbocycles. The lowest BCUT2D eigenvalue weighted by atomic mass is 9.97. The first-order valence-corrected chi connectivity index (χ1v) is 13.5. The molecule has 3 heterocycles. The van der Waals surface area contributed by atoms with Crippen molar-refractivity contribution < 1.29 is 27.4 Å². The van der Waals surface area contributed by atoms with E-state index in [4.69, 9.17) is 26.5 Å². The van der Waals surface area contributed by atoms with Crippen LogP contribution in [0.2, 0.25) is 5.02 Å². The van der Waals surface area contributed by atoms with Gasteiger partial charge in [-0.1, -0.05) is 17.7 Å². The van der Waals surface area contributed by atoms with Crippen LogP contribution < -0.4 is 15.8 Å². The molecular formula is C27H31ClF3N5O4. The fourth-order valence-electron chi connectivity index (χ4n) is 4.93. The molecule has 4 rings (SSSR count). The summed E-state index contributed by atoms with van der Waals surface area (Å²) in [6, 6.07) is 2.50. The number of hydrogen-bond donors (Lipinski definition) is 2. The highest BCUT2D eigenvalue weighted by Gasteiger charge is 2.30. The number of nitrogens with one attached hydrogen (secondary N) is 2. The highest BCUT2D eigenvalue weighted by Crippen LogP contribution is 2.32. The molecule has 0 bridgehead atoms. The average Bonchev–Trinajstić information content (AvgIpc) is 2.94. The van der Waals surface area contributed by atoms with Gasteiger partial charge in [0, 0.05) is 49.0 Å². The molecule has 2 atom stereocenters. The van der Waals surface area contributed by atoms with E-state index in [2.05, 4.69) is 10.4 Å². The lowest BCUT2D eigenvalue weighted by molar-refractivity contribution is -0.135. The molecule has 2 aliphatic rings. The topological polar surface area (TPSA) is 110 Å². The maximum atomic E-state index is 13.7. The van der Waals surface area contributed by atoms with Crippen LogP contribution >= 0.6 is 11.6 Å². The predicted molar refractivity (Wildman–Crippen MR) is 143 cm³/mol. The molecule has 0 saturated carbocycles. The van der Waals surface area contributed by atoms with E-state index in [-0.39, 0.29) is 35.7 Å². The Morgan fingerprint density at radius 3 is 2.77 bits per heavy atom. The molecule has 216 valence electrons. The van der Waals surface area contributed by atoms with Gasteiger partial charge in [0.05, 0.1) is 18.5 Å². The third kappa shape index (κ3) is 6.33. The van der Waals surface area contributed by atoms with E-state index in [1.165, 1.54) is 16.9 Å². The molecular weight excluding hydrogens is 551 g/mol. The molecule has 1 aromatic heterocycles. The minimum Gasteiger partial charge on any atom is -0.461 e. The van der Waals surface area contributed by atoms with Crippen molar-refractivity contribution in [3.8, 4) is 0 Å². The van der Waals surface area contributed by atoms with Gasteiger partial charge in [-0.2, -0.15) is 9.78 Å². The van der Waals surface area contributed by atoms with Crippen molar-refractivity contribution in [2.75, 3.05) is 31.2 Å². The van der Waals surface area contributed by atoms with Gasteiger partial charge in [-0.05, 0) is 50.8 Å². The summed E-state index contributed by atoms with van der Waals surface area (Å²) < 4.78 is 52.9. The second-order valence-corrected chi connectivity index (χ2v) is 9.96. The van der Waals surface area contributed by atoms with Crippen LogP contribution in [0.4, 0.5) is 18.9 Å². The zero-order chi connectivity index (χ0) is 29.0. The molecule has 2 N–H and O–H groups in total. The third-order valence-electron chi connectivity index (χ3n) is 6.96. The number of carbonyl (C=O) groups excluding carboxylic acids is 1. The van der Waals surface area contributed by atoms with Crippen molar-refractivity contribution in [1.82, 2.24) is 15.1 Å². The van der Waals surface area contributed by atoms with Crippen LogP contribution in [0.3, 0.4) is 0 Å². The number of carbonyl (C=O) groups is 1. The van der Waals surface area contributed by atoms with Gasteiger partial charge in [-0.15, -0.1) is 0 Å². The third-order valence-corrected chi connectivity index (χ3v) is 7.32. The van der Waals surface area contributed by atoms with Crippen molar-refractivity contribution in [2.45, 2.75) is 58.2 Å². The van der Waals surface area contributed by atoms with Crippen molar-refractivity contribution in [2.24, 2.45) is 0 Å². The summed E-state index contributed by atoms with van der Waals surface area (Å²) >= 11 is 6.50. The zero-order valence-corrected chi connectivity index (χ0v) is 22.9. The van der Waals surface area contributed by atoms with E-state index < -0.39 is 47.3 Å². The summed E-state index contributed by atoms with van der Waals surface area (Å²) in [7, 11) is 0. The Bertz CT molecular complexity index is 1360. The molecule has 0 radical (unpaired) electrons. The maximum absolute atomic E-state index is 13.7. The summed E-state index contributed by atoms with van der Waals surface area (Å²) in [5, 5.41) is 15.9. The van der Waals surface area contributed by atoms with Crippen LogP contribution in [0.5, 0.6) is 0 Å². The number of rotatable bonds is 9. The Morgan fingerprint density at radius 2 is 2.10 bits per heavy atom. The van der Waals surface area contributed by atoms with Gasteiger partial charge < -0.3 is 19.7 Å². The predicted octanol–water partition coefficient (Wildman–Crippen LogP) is 5.07. The lowest BCUT2D eigenvalue weighted by Crippen LogP contribution is -2.41. The highest BCUT2D eigenvalue weighted by atomic mass is 35.5. The first-order valence-electron chi connectivity index (χ1n) is 13.1. The second kappa shape index (κ2) is 12.9. The summed E-state index contributed by atoms with van der Waals surface area (Å²) in [6.45, 7) is 4.16. The fraction of sp³-hybridized carbons (Fsp3) is 0.481. The van der Waals surface area contributed by atoms with Crippen molar-refractivity contribution in [3.63, 3.8) is 0 Å². The SMILES string of the molecule is CCOC(=O)C(=N)C1=C(NC(C)c2ccc(F)cc2C(F)F)CCN(c2cnn(C3CCCCO3)c(=O)c2Cl)C1. The van der Waals surface area contributed by atoms with Gasteiger partial charge in [0.25, 0.3) is 12.0 Å². The monoisotopic (exact) mass is 581 g/mol. The molecule has 0 amide bonds. The number of esters is 1. The quantitative estimate of drug-likeness (QED) is 0.314. The number of benzene rings is 1. The van der Waals surface area contributed by atoms with Gasteiger partial charge in [-0.3, -0.25) is 10.2 Å². The van der Waals surface area contributed by atoms with Crippen molar-refractivity contribution in [1.29, 1.82) is 5.41 Å². The first kappa shape index (κ1) is 29.6. The van der Waals surface area contributed by atoms with Gasteiger partial charge in [-0.25, -0.2) is 18.0 Å². The number of halogens is 4. The van der Waals surface area contributed by atoms with Crippen molar-refractivity contribution in [3.05, 3.63) is 68.0 Å². The number of alkyl halides is 2. The molecule has 13 heteroatoms. The van der Waals surface area contributed by atoms with Gasteiger partial charge >= 0.3 is 5.97 Å². The van der Waals surface area contributed by atoms with E-state index in [1.807, 2.05) is 0 Å².